The molecule has 0 amide bonds. The smallest absolute Gasteiger partial charge is 0.317 e. The summed E-state index contributed by atoms with van der Waals surface area (Å²) in [5, 5.41) is 27.2. The van der Waals surface area contributed by atoms with Gasteiger partial charge in [-0.15, -0.1) is 7.05 Å². The number of hydrogen-bond donors (Lipinski definition) is 3. The van der Waals surface area contributed by atoms with E-state index < -0.39 is 17.9 Å². The number of carbonyl (C=O) groups is 3. The zero-order chi connectivity index (χ0) is 20.2. The first-order valence-corrected chi connectivity index (χ1v) is 8.42. The van der Waals surface area contributed by atoms with E-state index in [2.05, 4.69) is 10.5 Å². The van der Waals surface area contributed by atoms with Crippen LogP contribution in [0.5, 0.6) is 0 Å². The van der Waals surface area contributed by atoms with Crippen LogP contribution in [0.25, 0.3) is 5.48 Å². The maximum absolute atomic E-state index is 11.1. The summed E-state index contributed by atoms with van der Waals surface area (Å²) in [5.41, 5.74) is 3.56. The van der Waals surface area contributed by atoms with E-state index in [1.54, 1.807) is 14.7 Å². The van der Waals surface area contributed by atoms with Crippen molar-refractivity contribution < 1.29 is 55.6 Å². The van der Waals surface area contributed by atoms with Gasteiger partial charge in [-0.3, -0.25) is 34.1 Å². The Balaban J connectivity index is 0.00000729. The van der Waals surface area contributed by atoms with Crippen LogP contribution in [0.3, 0.4) is 0 Å². The minimum absolute atomic E-state index is 0. The molecular weight excluding hydrogens is 546 g/mol. The van der Waals surface area contributed by atoms with Crippen LogP contribution >= 0.6 is 0 Å². The van der Waals surface area contributed by atoms with Crippen molar-refractivity contribution in [1.29, 1.82) is 0 Å². The third-order valence-electron chi connectivity index (χ3n) is 3.80. The van der Waals surface area contributed by atoms with Crippen molar-refractivity contribution in [2.45, 2.75) is 0 Å². The van der Waals surface area contributed by atoms with Gasteiger partial charge in [-0.1, -0.05) is 0 Å². The molecular formula is C15H26N5O7W-. The first-order chi connectivity index (χ1) is 12.8. The quantitative estimate of drug-likeness (QED) is 0.307. The summed E-state index contributed by atoms with van der Waals surface area (Å²) in [6.45, 7) is 1.31. The van der Waals surface area contributed by atoms with E-state index in [0.29, 0.717) is 26.2 Å². The fraction of sp³-hybridized carbons (Fsp3) is 0.733. The van der Waals surface area contributed by atoms with E-state index in [9.17, 15) is 14.4 Å². The predicted octanol–water partition coefficient (Wildman–Crippen LogP) is -1.51. The Labute approximate surface area is 177 Å². The number of aliphatic imine (C=N–C) groups is 1. The molecule has 28 heavy (non-hydrogen) atoms. The molecule has 1 aliphatic heterocycles. The molecule has 0 aromatic carbocycles. The molecule has 0 aromatic heterocycles. The molecule has 1 aliphatic rings. The second kappa shape index (κ2) is 14.4. The Hall–Kier alpha value is -1.59. The number of carboxylic acids is 3. The van der Waals surface area contributed by atoms with Gasteiger partial charge in [0.05, 0.1) is 32.7 Å². The first-order valence-electron chi connectivity index (χ1n) is 8.42. The van der Waals surface area contributed by atoms with Crippen LogP contribution in [0, 0.1) is 0 Å². The van der Waals surface area contributed by atoms with Gasteiger partial charge in [0.2, 0.25) is 0 Å². The largest absolute Gasteiger partial charge is 0.576 e. The van der Waals surface area contributed by atoms with E-state index in [4.69, 9.17) is 20.2 Å². The Morgan fingerprint density at radius 2 is 1.32 bits per heavy atom. The van der Waals surface area contributed by atoms with Crippen LogP contribution < -0.4 is 0 Å². The van der Waals surface area contributed by atoms with E-state index >= 15 is 0 Å². The van der Waals surface area contributed by atoms with Crippen LogP contribution in [0.1, 0.15) is 0 Å². The number of aliphatic carboxylic acids is 3. The fourth-order valence-corrected chi connectivity index (χ4v) is 2.61. The van der Waals surface area contributed by atoms with Crippen LogP contribution in [0.15, 0.2) is 4.99 Å². The molecule has 0 fully saturated rings. The molecule has 1 rings (SSSR count). The van der Waals surface area contributed by atoms with Crippen molar-refractivity contribution >= 4 is 23.8 Å². The van der Waals surface area contributed by atoms with Gasteiger partial charge in [0, 0.05) is 53.8 Å². The Morgan fingerprint density at radius 3 is 1.79 bits per heavy atom. The number of carboxylic acid groups (broad SMARTS) is 3. The zero-order valence-electron chi connectivity index (χ0n) is 15.7. The molecule has 12 nitrogen and oxygen atoms in total. The van der Waals surface area contributed by atoms with Gasteiger partial charge in [0.1, 0.15) is 0 Å². The van der Waals surface area contributed by atoms with Crippen molar-refractivity contribution in [3.05, 3.63) is 5.48 Å². The summed E-state index contributed by atoms with van der Waals surface area (Å²) in [5.74, 6) is -2.79. The Morgan fingerprint density at radius 1 is 0.893 bits per heavy atom. The molecule has 1 heterocycles. The summed E-state index contributed by atoms with van der Waals surface area (Å²) < 4.78 is 0. The maximum atomic E-state index is 11.1. The van der Waals surface area contributed by atoms with Gasteiger partial charge in [0.25, 0.3) is 0 Å². The topological polar surface area (TPSA) is 157 Å². The second-order valence-electron chi connectivity index (χ2n) is 5.99. The van der Waals surface area contributed by atoms with Crippen molar-refractivity contribution in [1.82, 2.24) is 14.7 Å². The van der Waals surface area contributed by atoms with Gasteiger partial charge in [-0.2, -0.15) is 0 Å². The normalized spacial score (nSPS) is 18.1. The molecule has 0 aliphatic carbocycles. The van der Waals surface area contributed by atoms with Crippen LogP contribution in [-0.2, 0) is 40.3 Å². The molecule has 160 valence electrons. The van der Waals surface area contributed by atoms with Crippen molar-refractivity contribution in [3.63, 3.8) is 0 Å². The molecule has 13 heteroatoms. The van der Waals surface area contributed by atoms with Crippen molar-refractivity contribution in [2.24, 2.45) is 4.99 Å². The maximum Gasteiger partial charge on any atom is 0.317 e. The fourth-order valence-electron chi connectivity index (χ4n) is 2.61. The third-order valence-corrected chi connectivity index (χ3v) is 3.80. The number of rotatable bonds is 7. The van der Waals surface area contributed by atoms with E-state index in [0.717, 1.165) is 0 Å². The summed E-state index contributed by atoms with van der Waals surface area (Å²) >= 11 is 0. The van der Waals surface area contributed by atoms with Crippen molar-refractivity contribution in [3.8, 4) is 0 Å². The average Bonchev–Trinajstić information content (AvgIpc) is 2.54. The van der Waals surface area contributed by atoms with Crippen LogP contribution in [-0.4, -0.2) is 126 Å². The number of nitrogens with zero attached hydrogens (tertiary/aromatic N) is 5. The number of hydrogen-bond acceptors (Lipinski definition) is 8. The summed E-state index contributed by atoms with van der Waals surface area (Å²) in [4.78, 5) is 47.5. The average molecular weight is 572 g/mol. The standard InChI is InChI=1S/C15H26N5O7.W/c1-16-27-12-8-20(11-15(25)26)7-6-19(10-14(23)24)5-4-18(3-2-17-12)9-13(21)22;/h2-11H2,1H3,(H,21,22)(H,23,24)(H,25,26);/q-1;. The van der Waals surface area contributed by atoms with Gasteiger partial charge >= 0.3 is 17.9 Å². The van der Waals surface area contributed by atoms with Crippen molar-refractivity contribution in [2.75, 3.05) is 72.5 Å². The van der Waals surface area contributed by atoms with Gasteiger partial charge < -0.3 is 25.6 Å². The minimum Gasteiger partial charge on any atom is -0.576 e. The van der Waals surface area contributed by atoms with E-state index in [1.165, 1.54) is 7.05 Å². The molecule has 0 radical (unpaired) electrons. The molecule has 0 aromatic rings. The summed E-state index contributed by atoms with van der Waals surface area (Å²) in [6, 6.07) is 0. The molecule has 0 spiro atoms. The van der Waals surface area contributed by atoms with E-state index in [1.807, 2.05) is 0 Å². The second-order valence-corrected chi connectivity index (χ2v) is 5.99. The minimum atomic E-state index is -1.02. The van der Waals surface area contributed by atoms with E-state index in [-0.39, 0.29) is 66.2 Å². The van der Waals surface area contributed by atoms with Crippen LogP contribution in [0.2, 0.25) is 0 Å². The third kappa shape index (κ3) is 12.0. The Bertz CT molecular complexity index is 549. The van der Waals surface area contributed by atoms with Crippen LogP contribution in [0.4, 0.5) is 0 Å². The zero-order valence-corrected chi connectivity index (χ0v) is 18.6. The molecule has 0 saturated carbocycles. The number of hydroxylamine groups is 1. The molecule has 3 N–H and O–H groups in total. The Kier molecular flexibility index (Phi) is 13.6. The molecule has 0 bridgehead atoms. The monoisotopic (exact) mass is 572 g/mol. The molecule has 0 saturated heterocycles. The van der Waals surface area contributed by atoms with Gasteiger partial charge in [-0.25, -0.2) is 0 Å². The predicted molar refractivity (Wildman–Crippen MR) is 94.9 cm³/mol. The molecule has 0 atom stereocenters. The summed E-state index contributed by atoms with van der Waals surface area (Å²) in [7, 11) is 1.42. The van der Waals surface area contributed by atoms with Gasteiger partial charge in [-0.05, 0) is 0 Å². The SMILES string of the molecule is C[N-]OC1=NCCN(CC(=O)O)CCN(CC(=O)O)CCN(CC(=O)O)C1.[W]. The van der Waals surface area contributed by atoms with Gasteiger partial charge in [0.15, 0.2) is 5.90 Å². The summed E-state index contributed by atoms with van der Waals surface area (Å²) in [6.07, 6.45) is 0. The first kappa shape index (κ1) is 26.4. The molecule has 0 unspecified atom stereocenters.